The summed E-state index contributed by atoms with van der Waals surface area (Å²) in [5, 5.41) is 7.31. The molecule has 0 aliphatic heterocycles. The second kappa shape index (κ2) is 8.39. The van der Waals surface area contributed by atoms with E-state index in [1.165, 1.54) is 27.9 Å². The van der Waals surface area contributed by atoms with Crippen molar-refractivity contribution in [2.45, 2.75) is 24.9 Å². The predicted molar refractivity (Wildman–Crippen MR) is 112 cm³/mol. The molecule has 134 valence electrons. The highest BCUT2D eigenvalue weighted by Gasteiger charge is 2.31. The minimum absolute atomic E-state index is 0. The Balaban J connectivity index is 0.00000196. The number of likely N-dealkylation sites (N-methyl/N-ethyl adjacent to an activating group) is 1. The molecule has 26 heavy (non-hydrogen) atoms. The molecule has 1 aliphatic rings. The van der Waals surface area contributed by atoms with Crippen LogP contribution in [0.3, 0.4) is 0 Å². The smallest absolute Gasteiger partial charge is 0.0672 e. The second-order valence-corrected chi connectivity index (χ2v) is 6.74. The molecule has 0 saturated heterocycles. The van der Waals surface area contributed by atoms with Gasteiger partial charge in [-0.05, 0) is 48.2 Å². The Morgan fingerprint density at radius 1 is 0.846 bits per heavy atom. The van der Waals surface area contributed by atoms with Crippen molar-refractivity contribution in [3.8, 4) is 0 Å². The third kappa shape index (κ3) is 3.77. The van der Waals surface area contributed by atoms with Gasteiger partial charge in [-0.1, -0.05) is 72.8 Å². The first-order valence-electron chi connectivity index (χ1n) is 8.98. The fourth-order valence-electron chi connectivity index (χ4n) is 3.84. The monoisotopic (exact) mass is 364 g/mol. The van der Waals surface area contributed by atoms with Gasteiger partial charge in [0.1, 0.15) is 0 Å². The molecule has 4 rings (SSSR count). The average molecular weight is 365 g/mol. The fourth-order valence-corrected chi connectivity index (χ4v) is 3.84. The van der Waals surface area contributed by atoms with Crippen LogP contribution in [0.1, 0.15) is 28.3 Å². The number of fused-ring (bicyclic) bond motifs is 1. The lowest BCUT2D eigenvalue weighted by Crippen LogP contribution is -2.33. The van der Waals surface area contributed by atoms with Crippen LogP contribution in [0.2, 0.25) is 0 Å². The minimum Gasteiger partial charge on any atom is -0.376 e. The summed E-state index contributed by atoms with van der Waals surface area (Å²) in [5.41, 5.74) is 6.77. The number of benzene rings is 3. The van der Waals surface area contributed by atoms with Gasteiger partial charge in [-0.3, -0.25) is 0 Å². The summed E-state index contributed by atoms with van der Waals surface area (Å²) in [7, 11) is 2.06. The van der Waals surface area contributed by atoms with Crippen LogP contribution in [0.15, 0.2) is 78.9 Å². The largest absolute Gasteiger partial charge is 0.376 e. The first-order valence-corrected chi connectivity index (χ1v) is 8.98. The maximum Gasteiger partial charge on any atom is 0.0672 e. The highest BCUT2D eigenvalue weighted by Crippen LogP contribution is 2.35. The van der Waals surface area contributed by atoms with Crippen LogP contribution in [0.4, 0.5) is 5.69 Å². The topological polar surface area (TPSA) is 24.1 Å². The number of anilines is 1. The molecule has 0 aromatic heterocycles. The van der Waals surface area contributed by atoms with E-state index in [0.717, 1.165) is 12.8 Å². The summed E-state index contributed by atoms with van der Waals surface area (Å²) in [4.78, 5) is 0. The van der Waals surface area contributed by atoms with Crippen LogP contribution in [0, 0.1) is 0 Å². The van der Waals surface area contributed by atoms with Gasteiger partial charge >= 0.3 is 0 Å². The van der Waals surface area contributed by atoms with Crippen LogP contribution < -0.4 is 10.6 Å². The summed E-state index contributed by atoms with van der Waals surface area (Å²) in [6.45, 7) is 0. The molecule has 0 heterocycles. The van der Waals surface area contributed by atoms with E-state index in [1.54, 1.807) is 0 Å². The summed E-state index contributed by atoms with van der Waals surface area (Å²) in [6.07, 6.45) is 2.02. The molecule has 0 amide bonds. The highest BCUT2D eigenvalue weighted by atomic mass is 35.5. The van der Waals surface area contributed by atoms with Crippen molar-refractivity contribution in [2.75, 3.05) is 12.4 Å². The maximum absolute atomic E-state index is 3.82. The molecule has 0 fully saturated rings. The number of halogens is 1. The van der Waals surface area contributed by atoms with Crippen molar-refractivity contribution < 1.29 is 0 Å². The molecule has 3 heteroatoms. The first-order chi connectivity index (χ1) is 12.3. The van der Waals surface area contributed by atoms with E-state index in [0.29, 0.717) is 12.1 Å². The van der Waals surface area contributed by atoms with Gasteiger partial charge in [0.25, 0.3) is 0 Å². The van der Waals surface area contributed by atoms with Gasteiger partial charge in [-0.2, -0.15) is 0 Å². The summed E-state index contributed by atoms with van der Waals surface area (Å²) in [6, 6.07) is 28.8. The Labute approximate surface area is 162 Å². The van der Waals surface area contributed by atoms with Crippen LogP contribution in [-0.4, -0.2) is 13.1 Å². The normalized spacial score (nSPS) is 18.0. The lowest BCUT2D eigenvalue weighted by atomic mass is 10.0. The van der Waals surface area contributed by atoms with Crippen molar-refractivity contribution in [1.29, 1.82) is 0 Å². The van der Waals surface area contributed by atoms with Crippen LogP contribution in [0.25, 0.3) is 0 Å². The highest BCUT2D eigenvalue weighted by molar-refractivity contribution is 5.85. The van der Waals surface area contributed by atoms with E-state index < -0.39 is 0 Å². The fraction of sp³-hybridized carbons (Fsp3) is 0.217. The zero-order valence-corrected chi connectivity index (χ0v) is 15.8. The van der Waals surface area contributed by atoms with Gasteiger partial charge in [-0.25, -0.2) is 0 Å². The zero-order valence-electron chi connectivity index (χ0n) is 15.0. The molecule has 2 atom stereocenters. The van der Waals surface area contributed by atoms with Crippen LogP contribution in [0.5, 0.6) is 0 Å². The SMILES string of the molecule is CN[C@@H]1Cc2ccccc2[C@H]1Nc1ccccc1Cc1ccccc1.Cl. The van der Waals surface area contributed by atoms with E-state index in [2.05, 4.69) is 96.5 Å². The molecule has 0 bridgehead atoms. The van der Waals surface area contributed by atoms with E-state index in [9.17, 15) is 0 Å². The Morgan fingerprint density at radius 3 is 2.35 bits per heavy atom. The number of hydrogen-bond acceptors (Lipinski definition) is 2. The summed E-state index contributed by atoms with van der Waals surface area (Å²) < 4.78 is 0. The molecular formula is C23H25ClN2. The zero-order chi connectivity index (χ0) is 17.1. The number of nitrogens with one attached hydrogen (secondary N) is 2. The van der Waals surface area contributed by atoms with Gasteiger partial charge < -0.3 is 10.6 Å². The standard InChI is InChI=1S/C23H24N2.ClH/c1-24-22-16-18-11-5-7-13-20(18)23(22)25-21-14-8-6-12-19(21)15-17-9-3-2-4-10-17;/h2-14,22-25H,15-16H2,1H3;1H/t22-,23-;/m1./s1. The molecule has 3 aromatic rings. The average Bonchev–Trinajstić information content (AvgIpc) is 3.02. The molecule has 0 spiro atoms. The van der Waals surface area contributed by atoms with Gasteiger partial charge in [0.05, 0.1) is 6.04 Å². The Bertz CT molecular complexity index is 848. The summed E-state index contributed by atoms with van der Waals surface area (Å²) in [5.74, 6) is 0. The molecule has 2 N–H and O–H groups in total. The van der Waals surface area contributed by atoms with Gasteiger partial charge in [-0.15, -0.1) is 12.4 Å². The maximum atomic E-state index is 3.82. The Morgan fingerprint density at radius 2 is 1.54 bits per heavy atom. The first kappa shape index (κ1) is 18.5. The number of rotatable bonds is 5. The van der Waals surface area contributed by atoms with Gasteiger partial charge in [0.15, 0.2) is 0 Å². The van der Waals surface area contributed by atoms with E-state index in [1.807, 2.05) is 0 Å². The minimum atomic E-state index is 0. The van der Waals surface area contributed by atoms with Crippen molar-refractivity contribution in [1.82, 2.24) is 5.32 Å². The van der Waals surface area contributed by atoms with Crippen LogP contribution in [-0.2, 0) is 12.8 Å². The molecular weight excluding hydrogens is 340 g/mol. The Hall–Kier alpha value is -2.29. The van der Waals surface area contributed by atoms with E-state index in [4.69, 9.17) is 0 Å². The van der Waals surface area contributed by atoms with Crippen LogP contribution >= 0.6 is 12.4 Å². The lowest BCUT2D eigenvalue weighted by molar-refractivity contribution is 0.529. The summed E-state index contributed by atoms with van der Waals surface area (Å²) >= 11 is 0. The number of para-hydroxylation sites is 1. The second-order valence-electron chi connectivity index (χ2n) is 6.74. The van der Waals surface area contributed by atoms with Crippen molar-refractivity contribution in [3.63, 3.8) is 0 Å². The Kier molecular flexibility index (Phi) is 5.97. The molecule has 0 radical (unpaired) electrons. The molecule has 1 aliphatic carbocycles. The van der Waals surface area contributed by atoms with Gasteiger partial charge in [0, 0.05) is 11.7 Å². The third-order valence-corrected chi connectivity index (χ3v) is 5.17. The lowest BCUT2D eigenvalue weighted by Gasteiger charge is -2.24. The van der Waals surface area contributed by atoms with E-state index >= 15 is 0 Å². The molecule has 0 unspecified atom stereocenters. The molecule has 2 nitrogen and oxygen atoms in total. The van der Waals surface area contributed by atoms with E-state index in [-0.39, 0.29) is 12.4 Å². The molecule has 3 aromatic carbocycles. The quantitative estimate of drug-likeness (QED) is 0.666. The van der Waals surface area contributed by atoms with Crippen molar-refractivity contribution in [2.24, 2.45) is 0 Å². The van der Waals surface area contributed by atoms with Crippen molar-refractivity contribution in [3.05, 3.63) is 101 Å². The third-order valence-electron chi connectivity index (χ3n) is 5.17. The predicted octanol–water partition coefficient (Wildman–Crippen LogP) is 5.00. The number of hydrogen-bond donors (Lipinski definition) is 2. The van der Waals surface area contributed by atoms with Gasteiger partial charge in [0.2, 0.25) is 0 Å². The molecule has 0 saturated carbocycles. The van der Waals surface area contributed by atoms with Crippen molar-refractivity contribution >= 4 is 18.1 Å².